The van der Waals surface area contributed by atoms with E-state index in [0.29, 0.717) is 26.1 Å². The molecule has 3 rings (SSSR count). The van der Waals surface area contributed by atoms with E-state index in [4.69, 9.17) is 14.6 Å². The Labute approximate surface area is 142 Å². The van der Waals surface area contributed by atoms with Crippen LogP contribution >= 0.6 is 0 Å². The summed E-state index contributed by atoms with van der Waals surface area (Å²) in [5, 5.41) is 19.4. The molecular formula is C17H27N3O4. The predicted octanol–water partition coefficient (Wildman–Crippen LogP) is 0.504. The number of carbonyl (C=O) groups is 1. The van der Waals surface area contributed by atoms with Crippen LogP contribution < -0.4 is 5.32 Å². The zero-order valence-electron chi connectivity index (χ0n) is 14.1. The van der Waals surface area contributed by atoms with Crippen molar-refractivity contribution in [1.82, 2.24) is 15.5 Å². The molecule has 1 fully saturated rings. The summed E-state index contributed by atoms with van der Waals surface area (Å²) >= 11 is 0. The number of aryl methyl sites for hydroxylation is 2. The third-order valence-corrected chi connectivity index (χ3v) is 4.79. The Morgan fingerprint density at radius 3 is 3.17 bits per heavy atom. The summed E-state index contributed by atoms with van der Waals surface area (Å²) in [6.07, 6.45) is 6.27. The van der Waals surface area contributed by atoms with E-state index in [0.717, 1.165) is 25.0 Å². The number of fused-ring (bicyclic) bond motifs is 1. The van der Waals surface area contributed by atoms with Crippen LogP contribution in [0, 0.1) is 0 Å². The number of amides is 1. The summed E-state index contributed by atoms with van der Waals surface area (Å²) in [6, 6.07) is -0.147. The van der Waals surface area contributed by atoms with Crippen molar-refractivity contribution < 1.29 is 19.4 Å². The number of nitrogens with zero attached hydrogens (tertiary/aromatic N) is 1. The molecule has 1 amide bonds. The number of aliphatic hydroxyl groups excluding tert-OH is 1. The van der Waals surface area contributed by atoms with Crippen LogP contribution in [0.15, 0.2) is 0 Å². The number of aromatic amines is 1. The van der Waals surface area contributed by atoms with Crippen molar-refractivity contribution in [2.45, 2.75) is 57.1 Å². The highest BCUT2D eigenvalue weighted by molar-refractivity contribution is 5.76. The molecule has 1 aromatic heterocycles. The zero-order chi connectivity index (χ0) is 16.8. The van der Waals surface area contributed by atoms with Crippen molar-refractivity contribution in [1.29, 1.82) is 0 Å². The van der Waals surface area contributed by atoms with Gasteiger partial charge in [0, 0.05) is 25.1 Å². The Kier molecular flexibility index (Phi) is 6.23. The number of aliphatic hydroxyl groups is 1. The number of nitrogens with one attached hydrogen (secondary N) is 2. The Balaban J connectivity index is 1.48. The molecule has 7 heteroatoms. The second-order valence-electron chi connectivity index (χ2n) is 6.50. The summed E-state index contributed by atoms with van der Waals surface area (Å²) in [7, 11) is 0. The van der Waals surface area contributed by atoms with Crippen LogP contribution in [0.2, 0.25) is 0 Å². The first-order chi connectivity index (χ1) is 11.8. The van der Waals surface area contributed by atoms with Gasteiger partial charge in [-0.3, -0.25) is 9.89 Å². The van der Waals surface area contributed by atoms with Crippen molar-refractivity contribution in [3.05, 3.63) is 17.0 Å². The summed E-state index contributed by atoms with van der Waals surface area (Å²) in [5.41, 5.74) is 3.60. The third kappa shape index (κ3) is 4.34. The molecule has 0 radical (unpaired) electrons. The van der Waals surface area contributed by atoms with E-state index in [1.54, 1.807) is 0 Å². The normalized spacial score (nSPS) is 23.7. The van der Waals surface area contributed by atoms with E-state index in [9.17, 15) is 4.79 Å². The minimum Gasteiger partial charge on any atom is -0.394 e. The summed E-state index contributed by atoms with van der Waals surface area (Å²) in [4.78, 5) is 12.3. The molecule has 24 heavy (non-hydrogen) atoms. The van der Waals surface area contributed by atoms with Gasteiger partial charge in [0.2, 0.25) is 5.91 Å². The number of ether oxygens (including phenoxy) is 2. The van der Waals surface area contributed by atoms with Gasteiger partial charge in [0.05, 0.1) is 37.7 Å². The van der Waals surface area contributed by atoms with Crippen LogP contribution in [0.4, 0.5) is 0 Å². The maximum Gasteiger partial charge on any atom is 0.220 e. The number of H-pyrrole nitrogens is 1. The lowest BCUT2D eigenvalue weighted by atomic mass is 9.94. The van der Waals surface area contributed by atoms with Gasteiger partial charge in [-0.25, -0.2) is 0 Å². The largest absolute Gasteiger partial charge is 0.394 e. The summed E-state index contributed by atoms with van der Waals surface area (Å²) in [5.74, 6) is -0.00402. The number of rotatable bonds is 7. The van der Waals surface area contributed by atoms with Crippen LogP contribution in [0.1, 0.15) is 42.6 Å². The van der Waals surface area contributed by atoms with Gasteiger partial charge in [0.1, 0.15) is 0 Å². The lowest BCUT2D eigenvalue weighted by molar-refractivity contribution is -0.126. The number of aromatic nitrogens is 2. The fourth-order valence-electron chi connectivity index (χ4n) is 3.52. The highest BCUT2D eigenvalue weighted by Gasteiger charge is 2.28. The fraction of sp³-hybridized carbons (Fsp3) is 0.765. The Bertz CT molecular complexity index is 546. The van der Waals surface area contributed by atoms with Gasteiger partial charge >= 0.3 is 0 Å². The molecule has 0 aromatic carbocycles. The average molecular weight is 337 g/mol. The smallest absolute Gasteiger partial charge is 0.220 e. The quantitative estimate of drug-likeness (QED) is 0.673. The molecular weight excluding hydrogens is 310 g/mol. The standard InChI is InChI=1S/C17H27N3O4/c21-8-10-24-16-7-9-23-11-15(16)18-17(22)6-5-14-12-3-1-2-4-13(12)19-20-14/h15-16,21H,1-11H2,(H,18,22)(H,19,20)/t15-,16+/m0/s1. The first-order valence-electron chi connectivity index (χ1n) is 8.92. The molecule has 134 valence electrons. The van der Waals surface area contributed by atoms with Crippen molar-refractivity contribution in [2.75, 3.05) is 26.4 Å². The molecule has 0 saturated carbocycles. The van der Waals surface area contributed by atoms with Gasteiger partial charge in [-0.2, -0.15) is 5.10 Å². The third-order valence-electron chi connectivity index (χ3n) is 4.79. The van der Waals surface area contributed by atoms with Crippen molar-refractivity contribution in [3.63, 3.8) is 0 Å². The number of hydrogen-bond acceptors (Lipinski definition) is 5. The van der Waals surface area contributed by atoms with Gasteiger partial charge < -0.3 is 19.9 Å². The topological polar surface area (TPSA) is 96.5 Å². The van der Waals surface area contributed by atoms with Gasteiger partial charge in [0.15, 0.2) is 0 Å². The molecule has 1 aromatic rings. The zero-order valence-corrected chi connectivity index (χ0v) is 14.1. The monoisotopic (exact) mass is 337 g/mol. The maximum absolute atomic E-state index is 12.3. The maximum atomic E-state index is 12.3. The lowest BCUT2D eigenvalue weighted by Crippen LogP contribution is -2.50. The van der Waals surface area contributed by atoms with Crippen molar-refractivity contribution >= 4 is 5.91 Å². The van der Waals surface area contributed by atoms with Crippen LogP contribution in [0.3, 0.4) is 0 Å². The fourth-order valence-corrected chi connectivity index (χ4v) is 3.52. The van der Waals surface area contributed by atoms with E-state index >= 15 is 0 Å². The second kappa shape index (κ2) is 8.60. The van der Waals surface area contributed by atoms with Gasteiger partial charge in [-0.15, -0.1) is 0 Å². The minimum absolute atomic E-state index is 0.00402. The van der Waals surface area contributed by atoms with E-state index < -0.39 is 0 Å². The first kappa shape index (κ1) is 17.4. The number of carbonyl (C=O) groups excluding carboxylic acids is 1. The van der Waals surface area contributed by atoms with Crippen LogP contribution in [-0.4, -0.2) is 59.8 Å². The molecule has 0 spiro atoms. The Morgan fingerprint density at radius 2 is 2.29 bits per heavy atom. The van der Waals surface area contributed by atoms with Crippen LogP contribution in [-0.2, 0) is 33.5 Å². The highest BCUT2D eigenvalue weighted by Crippen LogP contribution is 2.23. The molecule has 7 nitrogen and oxygen atoms in total. The molecule has 2 aliphatic rings. The average Bonchev–Trinajstić information content (AvgIpc) is 3.02. The molecule has 2 heterocycles. The van der Waals surface area contributed by atoms with E-state index in [1.165, 1.54) is 24.1 Å². The van der Waals surface area contributed by atoms with Crippen molar-refractivity contribution in [3.8, 4) is 0 Å². The minimum atomic E-state index is -0.147. The van der Waals surface area contributed by atoms with Crippen LogP contribution in [0.25, 0.3) is 0 Å². The van der Waals surface area contributed by atoms with Gasteiger partial charge in [-0.1, -0.05) is 0 Å². The predicted molar refractivity (Wildman–Crippen MR) is 87.7 cm³/mol. The molecule has 1 aliphatic carbocycles. The first-order valence-corrected chi connectivity index (χ1v) is 8.92. The van der Waals surface area contributed by atoms with Crippen LogP contribution in [0.5, 0.6) is 0 Å². The molecule has 0 bridgehead atoms. The molecule has 1 aliphatic heterocycles. The summed E-state index contributed by atoms with van der Waals surface area (Å²) in [6.45, 7) is 1.36. The van der Waals surface area contributed by atoms with Gasteiger partial charge in [-0.05, 0) is 37.7 Å². The molecule has 3 N–H and O–H groups in total. The Morgan fingerprint density at radius 1 is 1.42 bits per heavy atom. The SMILES string of the molecule is O=C(CCc1n[nH]c2c1CCCC2)N[C@H]1COCC[C@H]1OCCO. The van der Waals surface area contributed by atoms with E-state index in [1.807, 2.05) is 0 Å². The summed E-state index contributed by atoms with van der Waals surface area (Å²) < 4.78 is 11.1. The lowest BCUT2D eigenvalue weighted by Gasteiger charge is -2.32. The van der Waals surface area contributed by atoms with Crippen molar-refractivity contribution in [2.24, 2.45) is 0 Å². The molecule has 1 saturated heterocycles. The Hall–Kier alpha value is -1.44. The van der Waals surface area contributed by atoms with E-state index in [2.05, 4.69) is 15.5 Å². The molecule has 0 unspecified atom stereocenters. The molecule has 2 atom stereocenters. The second-order valence-corrected chi connectivity index (χ2v) is 6.50. The number of hydrogen-bond donors (Lipinski definition) is 3. The van der Waals surface area contributed by atoms with E-state index in [-0.39, 0.29) is 31.3 Å². The highest BCUT2D eigenvalue weighted by atomic mass is 16.5. The van der Waals surface area contributed by atoms with Gasteiger partial charge in [0.25, 0.3) is 0 Å².